The highest BCUT2D eigenvalue weighted by molar-refractivity contribution is 5.75. The second kappa shape index (κ2) is 5.80. The Kier molecular flexibility index (Phi) is 4.32. The average Bonchev–Trinajstić information content (AvgIpc) is 2.80. The van der Waals surface area contributed by atoms with Crippen LogP contribution in [0.4, 0.5) is 4.79 Å². The molecule has 0 bridgehead atoms. The van der Waals surface area contributed by atoms with Crippen LogP contribution in [0, 0.1) is 11.8 Å². The number of amides is 2. The molecule has 0 aromatic heterocycles. The van der Waals surface area contributed by atoms with E-state index in [2.05, 4.69) is 19.2 Å². The molecule has 0 aromatic carbocycles. The maximum absolute atomic E-state index is 12.3. The fourth-order valence-corrected chi connectivity index (χ4v) is 3.17. The van der Waals surface area contributed by atoms with Gasteiger partial charge in [-0.1, -0.05) is 6.92 Å². The van der Waals surface area contributed by atoms with Crippen molar-refractivity contribution in [3.8, 4) is 0 Å². The number of likely N-dealkylation sites (tertiary alicyclic amines) is 1. The van der Waals surface area contributed by atoms with Gasteiger partial charge >= 0.3 is 12.0 Å². The van der Waals surface area contributed by atoms with E-state index in [9.17, 15) is 9.59 Å². The molecule has 4 unspecified atom stereocenters. The van der Waals surface area contributed by atoms with Gasteiger partial charge < -0.3 is 15.3 Å². The second-order valence-electron chi connectivity index (χ2n) is 6.18. The molecule has 0 radical (unpaired) electrons. The summed E-state index contributed by atoms with van der Waals surface area (Å²) in [5.74, 6) is -0.475. The minimum absolute atomic E-state index is 0.0184. The molecule has 2 aliphatic rings. The molecule has 1 saturated carbocycles. The van der Waals surface area contributed by atoms with E-state index in [0.29, 0.717) is 18.8 Å². The number of hydrogen-bond acceptors (Lipinski definition) is 2. The van der Waals surface area contributed by atoms with E-state index in [1.165, 1.54) is 6.42 Å². The highest BCUT2D eigenvalue weighted by Gasteiger charge is 2.33. The molecule has 2 N–H and O–H groups in total. The summed E-state index contributed by atoms with van der Waals surface area (Å²) in [4.78, 5) is 25.1. The van der Waals surface area contributed by atoms with Crippen molar-refractivity contribution < 1.29 is 14.7 Å². The summed E-state index contributed by atoms with van der Waals surface area (Å²) >= 11 is 0. The first-order chi connectivity index (χ1) is 8.97. The van der Waals surface area contributed by atoms with Gasteiger partial charge in [0.05, 0.1) is 5.92 Å². The molecule has 4 atom stereocenters. The third kappa shape index (κ3) is 3.39. The number of carbonyl (C=O) groups excluding carboxylic acids is 1. The number of piperidine rings is 1. The lowest BCUT2D eigenvalue weighted by Crippen LogP contribution is -2.51. The van der Waals surface area contributed by atoms with Crippen LogP contribution in [0.1, 0.15) is 46.0 Å². The fraction of sp³-hybridized carbons (Fsp3) is 0.857. The van der Waals surface area contributed by atoms with Gasteiger partial charge in [-0.2, -0.15) is 0 Å². The number of urea groups is 1. The third-order valence-corrected chi connectivity index (χ3v) is 4.49. The van der Waals surface area contributed by atoms with E-state index < -0.39 is 5.97 Å². The Balaban J connectivity index is 1.85. The van der Waals surface area contributed by atoms with E-state index in [4.69, 9.17) is 5.11 Å². The van der Waals surface area contributed by atoms with Crippen LogP contribution in [0.2, 0.25) is 0 Å². The quantitative estimate of drug-likeness (QED) is 0.805. The SMILES string of the molecule is CC1CCC(C)N(C(=O)NC2CCC(C(=O)O)C2)C1. The van der Waals surface area contributed by atoms with Crippen LogP contribution < -0.4 is 5.32 Å². The predicted molar refractivity (Wildman–Crippen MR) is 71.9 cm³/mol. The molecule has 2 amide bonds. The van der Waals surface area contributed by atoms with E-state index in [0.717, 1.165) is 19.4 Å². The first kappa shape index (κ1) is 14.2. The summed E-state index contributed by atoms with van der Waals surface area (Å²) in [6.45, 7) is 5.06. The molecule has 1 aliphatic carbocycles. The number of carboxylic acid groups (broad SMARTS) is 1. The zero-order chi connectivity index (χ0) is 14.0. The van der Waals surface area contributed by atoms with Crippen molar-refractivity contribution in [1.29, 1.82) is 0 Å². The molecule has 5 heteroatoms. The van der Waals surface area contributed by atoms with Crippen molar-refractivity contribution in [2.75, 3.05) is 6.54 Å². The highest BCUT2D eigenvalue weighted by atomic mass is 16.4. The van der Waals surface area contributed by atoms with Crippen LogP contribution in [0.5, 0.6) is 0 Å². The van der Waals surface area contributed by atoms with Gasteiger partial charge in [0.15, 0.2) is 0 Å². The number of nitrogens with one attached hydrogen (secondary N) is 1. The summed E-state index contributed by atoms with van der Waals surface area (Å²) in [5, 5.41) is 12.0. The van der Waals surface area contributed by atoms with E-state index in [-0.39, 0.29) is 24.0 Å². The second-order valence-corrected chi connectivity index (χ2v) is 6.18. The summed E-state index contributed by atoms with van der Waals surface area (Å²) in [7, 11) is 0. The van der Waals surface area contributed by atoms with Crippen LogP contribution in [0.15, 0.2) is 0 Å². The summed E-state index contributed by atoms with van der Waals surface area (Å²) in [6, 6.07) is 0.293. The number of carbonyl (C=O) groups is 2. The van der Waals surface area contributed by atoms with Crippen LogP contribution in [0.25, 0.3) is 0 Å². The third-order valence-electron chi connectivity index (χ3n) is 4.49. The highest BCUT2D eigenvalue weighted by Crippen LogP contribution is 2.27. The van der Waals surface area contributed by atoms with Gasteiger partial charge in [0, 0.05) is 18.6 Å². The molecule has 0 aromatic rings. The van der Waals surface area contributed by atoms with Crippen molar-refractivity contribution in [3.63, 3.8) is 0 Å². The number of nitrogens with zero attached hydrogens (tertiary/aromatic N) is 1. The van der Waals surface area contributed by atoms with Crippen LogP contribution in [0.3, 0.4) is 0 Å². The Morgan fingerprint density at radius 3 is 2.53 bits per heavy atom. The van der Waals surface area contributed by atoms with Gasteiger partial charge in [-0.3, -0.25) is 4.79 Å². The number of rotatable bonds is 2. The van der Waals surface area contributed by atoms with Crippen molar-refractivity contribution in [3.05, 3.63) is 0 Å². The summed E-state index contributed by atoms with van der Waals surface area (Å²) in [6.07, 6.45) is 4.25. The molecular weight excluding hydrogens is 244 g/mol. The van der Waals surface area contributed by atoms with Gasteiger partial charge in [0.25, 0.3) is 0 Å². The lowest BCUT2D eigenvalue weighted by molar-refractivity contribution is -0.141. The van der Waals surface area contributed by atoms with Crippen molar-refractivity contribution in [1.82, 2.24) is 10.2 Å². The van der Waals surface area contributed by atoms with Crippen molar-refractivity contribution in [2.45, 2.75) is 58.0 Å². The predicted octanol–water partition coefficient (Wildman–Crippen LogP) is 2.07. The normalized spacial score (nSPS) is 35.2. The molecule has 2 fully saturated rings. The fourth-order valence-electron chi connectivity index (χ4n) is 3.17. The lowest BCUT2D eigenvalue weighted by atomic mass is 9.95. The minimum Gasteiger partial charge on any atom is -0.481 e. The van der Waals surface area contributed by atoms with Gasteiger partial charge in [-0.25, -0.2) is 4.79 Å². The zero-order valence-corrected chi connectivity index (χ0v) is 11.8. The first-order valence-electron chi connectivity index (χ1n) is 7.27. The Hall–Kier alpha value is -1.26. The molecule has 1 saturated heterocycles. The van der Waals surface area contributed by atoms with Gasteiger partial charge in [-0.05, 0) is 44.9 Å². The van der Waals surface area contributed by atoms with Crippen molar-refractivity contribution >= 4 is 12.0 Å². The van der Waals surface area contributed by atoms with Gasteiger partial charge in [-0.15, -0.1) is 0 Å². The number of carboxylic acids is 1. The Labute approximate surface area is 114 Å². The topological polar surface area (TPSA) is 69.6 Å². The molecule has 108 valence electrons. The minimum atomic E-state index is -0.739. The van der Waals surface area contributed by atoms with Crippen LogP contribution in [-0.2, 0) is 4.79 Å². The first-order valence-corrected chi connectivity index (χ1v) is 7.27. The molecule has 19 heavy (non-hydrogen) atoms. The molecule has 0 spiro atoms. The molecule has 1 aliphatic heterocycles. The standard InChI is InChI=1S/C14H24N2O3/c1-9-3-4-10(2)16(8-9)14(19)15-12-6-5-11(7-12)13(17)18/h9-12H,3-8H2,1-2H3,(H,15,19)(H,17,18). The molecule has 2 rings (SSSR count). The molecular formula is C14H24N2O3. The van der Waals surface area contributed by atoms with Gasteiger partial charge in [0.2, 0.25) is 0 Å². The Morgan fingerprint density at radius 1 is 1.16 bits per heavy atom. The van der Waals surface area contributed by atoms with E-state index in [1.807, 2.05) is 4.90 Å². The molecule has 5 nitrogen and oxygen atoms in total. The lowest BCUT2D eigenvalue weighted by Gasteiger charge is -2.37. The maximum atomic E-state index is 12.3. The van der Waals surface area contributed by atoms with E-state index in [1.54, 1.807) is 0 Å². The van der Waals surface area contributed by atoms with Crippen LogP contribution >= 0.6 is 0 Å². The number of hydrogen-bond donors (Lipinski definition) is 2. The Bertz CT molecular complexity index is 359. The maximum Gasteiger partial charge on any atom is 0.317 e. The molecule has 1 heterocycles. The van der Waals surface area contributed by atoms with Crippen molar-refractivity contribution in [2.24, 2.45) is 11.8 Å². The average molecular weight is 268 g/mol. The van der Waals surface area contributed by atoms with Crippen LogP contribution in [-0.4, -0.2) is 40.6 Å². The zero-order valence-electron chi connectivity index (χ0n) is 11.8. The largest absolute Gasteiger partial charge is 0.481 e. The smallest absolute Gasteiger partial charge is 0.317 e. The van der Waals surface area contributed by atoms with Gasteiger partial charge in [0.1, 0.15) is 0 Å². The Morgan fingerprint density at radius 2 is 1.89 bits per heavy atom. The monoisotopic (exact) mass is 268 g/mol. The summed E-state index contributed by atoms with van der Waals surface area (Å²) < 4.78 is 0. The number of aliphatic carboxylic acids is 1. The van der Waals surface area contributed by atoms with E-state index >= 15 is 0 Å². The summed E-state index contributed by atoms with van der Waals surface area (Å²) in [5.41, 5.74) is 0.